The number of anilines is 1. The number of carbonyl (C=O) groups excluding carboxylic acids is 1. The number of nitrogens with one attached hydrogen (secondary N) is 1. The van der Waals surface area contributed by atoms with Crippen LogP contribution in [-0.4, -0.2) is 26.8 Å². The van der Waals surface area contributed by atoms with Crippen molar-refractivity contribution in [3.8, 4) is 0 Å². The molecule has 0 radical (unpaired) electrons. The van der Waals surface area contributed by atoms with Crippen LogP contribution in [0.2, 0.25) is 0 Å². The molecule has 0 bridgehead atoms. The average molecular weight is 291 g/mol. The van der Waals surface area contributed by atoms with Gasteiger partial charge in [-0.05, 0) is 17.7 Å². The van der Waals surface area contributed by atoms with Crippen LogP contribution in [0.3, 0.4) is 0 Å². The Kier molecular flexibility index (Phi) is 4.78. The number of rotatable bonds is 4. The van der Waals surface area contributed by atoms with Crippen LogP contribution in [0, 0.1) is 0 Å². The maximum absolute atomic E-state index is 11.5. The third-order valence-electron chi connectivity index (χ3n) is 2.38. The molecule has 0 aliphatic carbocycles. The molecule has 104 valence electrons. The lowest BCUT2D eigenvalue weighted by Crippen LogP contribution is -2.15. The van der Waals surface area contributed by atoms with Crippen LogP contribution in [0.15, 0.2) is 47.5 Å². The van der Waals surface area contributed by atoms with E-state index < -0.39 is 16.9 Å². The van der Waals surface area contributed by atoms with E-state index in [0.717, 1.165) is 5.56 Å². The van der Waals surface area contributed by atoms with Gasteiger partial charge in [-0.25, -0.2) is 4.79 Å². The quantitative estimate of drug-likeness (QED) is 0.931. The molecule has 1 atom stereocenters. The molecule has 20 heavy (non-hydrogen) atoms. The fourth-order valence-corrected chi connectivity index (χ4v) is 1.82. The van der Waals surface area contributed by atoms with E-state index in [0.29, 0.717) is 5.03 Å². The molecule has 0 saturated carbocycles. The Balaban J connectivity index is 1.86. The molecule has 0 saturated heterocycles. The predicted octanol–water partition coefficient (Wildman–Crippen LogP) is 1.96. The highest BCUT2D eigenvalue weighted by molar-refractivity contribution is 7.84. The van der Waals surface area contributed by atoms with Crippen molar-refractivity contribution >= 4 is 22.7 Å². The minimum atomic E-state index is -1.20. The van der Waals surface area contributed by atoms with Gasteiger partial charge < -0.3 is 4.74 Å². The van der Waals surface area contributed by atoms with Gasteiger partial charge in [0, 0.05) is 6.26 Å². The summed E-state index contributed by atoms with van der Waals surface area (Å²) in [6.45, 7) is 0.178. The first-order valence-electron chi connectivity index (χ1n) is 5.80. The van der Waals surface area contributed by atoms with Crippen molar-refractivity contribution in [2.75, 3.05) is 11.6 Å². The lowest BCUT2D eigenvalue weighted by molar-refractivity contribution is 0.155. The monoisotopic (exact) mass is 291 g/mol. The van der Waals surface area contributed by atoms with E-state index in [1.807, 2.05) is 30.3 Å². The van der Waals surface area contributed by atoms with E-state index in [2.05, 4.69) is 15.5 Å². The molecule has 1 unspecified atom stereocenters. The molecule has 1 amide bonds. The third-order valence-corrected chi connectivity index (χ3v) is 3.18. The first-order chi connectivity index (χ1) is 9.65. The standard InChI is InChI=1S/C13H13N3O3S/c1-20(18)12-8-7-11(15-16-12)14-13(17)19-9-10-5-3-2-4-6-10/h2-8H,9H2,1H3,(H,14,15,17). The second kappa shape index (κ2) is 6.76. The van der Waals surface area contributed by atoms with Crippen molar-refractivity contribution in [1.82, 2.24) is 10.2 Å². The summed E-state index contributed by atoms with van der Waals surface area (Å²) < 4.78 is 16.2. The van der Waals surface area contributed by atoms with Gasteiger partial charge in [0.1, 0.15) is 11.6 Å². The fourth-order valence-electron chi connectivity index (χ4n) is 1.40. The van der Waals surface area contributed by atoms with E-state index in [-0.39, 0.29) is 12.4 Å². The summed E-state index contributed by atoms with van der Waals surface area (Å²) in [6, 6.07) is 12.4. The summed E-state index contributed by atoms with van der Waals surface area (Å²) in [5.41, 5.74) is 0.894. The third kappa shape index (κ3) is 4.13. The summed E-state index contributed by atoms with van der Waals surface area (Å²) in [5.74, 6) is 0.247. The van der Waals surface area contributed by atoms with Gasteiger partial charge in [-0.15, -0.1) is 10.2 Å². The zero-order chi connectivity index (χ0) is 14.4. The van der Waals surface area contributed by atoms with Crippen molar-refractivity contribution in [1.29, 1.82) is 0 Å². The van der Waals surface area contributed by atoms with Crippen LogP contribution in [0.25, 0.3) is 0 Å². The number of ether oxygens (including phenoxy) is 1. The Morgan fingerprint density at radius 2 is 1.95 bits per heavy atom. The molecule has 7 heteroatoms. The van der Waals surface area contributed by atoms with Gasteiger partial charge in [-0.2, -0.15) is 0 Å². The molecule has 2 rings (SSSR count). The summed E-state index contributed by atoms with van der Waals surface area (Å²) in [5, 5.41) is 10.3. The fraction of sp³-hybridized carbons (Fsp3) is 0.154. The Morgan fingerprint density at radius 1 is 1.20 bits per heavy atom. The largest absolute Gasteiger partial charge is 0.444 e. The van der Waals surface area contributed by atoms with Gasteiger partial charge in [-0.1, -0.05) is 30.3 Å². The highest BCUT2D eigenvalue weighted by Gasteiger charge is 2.06. The number of carbonyl (C=O) groups is 1. The first-order valence-corrected chi connectivity index (χ1v) is 7.36. The van der Waals surface area contributed by atoms with Crippen molar-refractivity contribution < 1.29 is 13.7 Å². The summed E-state index contributed by atoms with van der Waals surface area (Å²) >= 11 is 0. The number of hydrogen-bond donors (Lipinski definition) is 1. The number of nitrogens with zero attached hydrogens (tertiary/aromatic N) is 2. The van der Waals surface area contributed by atoms with E-state index in [4.69, 9.17) is 4.74 Å². The van der Waals surface area contributed by atoms with Crippen molar-refractivity contribution in [2.24, 2.45) is 0 Å². The molecular formula is C13H13N3O3S. The predicted molar refractivity (Wildman–Crippen MR) is 74.6 cm³/mol. The summed E-state index contributed by atoms with van der Waals surface area (Å²) in [4.78, 5) is 11.5. The molecule has 1 aromatic carbocycles. The molecule has 0 aliphatic rings. The summed E-state index contributed by atoms with van der Waals surface area (Å²) in [7, 11) is -1.20. The highest BCUT2D eigenvalue weighted by Crippen LogP contribution is 2.06. The van der Waals surface area contributed by atoms with Crippen LogP contribution in [0.5, 0.6) is 0 Å². The lowest BCUT2D eigenvalue weighted by atomic mass is 10.2. The maximum atomic E-state index is 11.5. The van der Waals surface area contributed by atoms with E-state index in [1.54, 1.807) is 0 Å². The van der Waals surface area contributed by atoms with E-state index >= 15 is 0 Å². The molecule has 1 N–H and O–H groups in total. The second-order valence-corrected chi connectivity index (χ2v) is 5.22. The lowest BCUT2D eigenvalue weighted by Gasteiger charge is -2.06. The van der Waals surface area contributed by atoms with Crippen LogP contribution in [0.1, 0.15) is 5.56 Å². The minimum absolute atomic E-state index is 0.178. The zero-order valence-corrected chi connectivity index (χ0v) is 11.6. The van der Waals surface area contributed by atoms with Gasteiger partial charge in [0.2, 0.25) is 0 Å². The van der Waals surface area contributed by atoms with Gasteiger partial charge in [0.05, 0.1) is 10.8 Å². The molecule has 1 aromatic heterocycles. The van der Waals surface area contributed by atoms with Crippen molar-refractivity contribution in [2.45, 2.75) is 11.6 Å². The van der Waals surface area contributed by atoms with E-state index in [1.165, 1.54) is 18.4 Å². The summed E-state index contributed by atoms with van der Waals surface area (Å²) in [6.07, 6.45) is 0.888. The zero-order valence-electron chi connectivity index (χ0n) is 10.8. The SMILES string of the molecule is CS(=O)c1ccc(NC(=O)OCc2ccccc2)nn1. The molecule has 0 aliphatic heterocycles. The number of benzene rings is 1. The average Bonchev–Trinajstić information content (AvgIpc) is 2.47. The van der Waals surface area contributed by atoms with Gasteiger partial charge in [0.25, 0.3) is 0 Å². The van der Waals surface area contributed by atoms with Gasteiger partial charge in [0.15, 0.2) is 5.82 Å². The highest BCUT2D eigenvalue weighted by atomic mass is 32.2. The number of hydrogen-bond acceptors (Lipinski definition) is 5. The minimum Gasteiger partial charge on any atom is -0.444 e. The normalized spacial score (nSPS) is 11.7. The van der Waals surface area contributed by atoms with Gasteiger partial charge >= 0.3 is 6.09 Å². The molecule has 1 heterocycles. The van der Waals surface area contributed by atoms with Crippen molar-refractivity contribution in [3.05, 3.63) is 48.0 Å². The number of amides is 1. The Bertz CT molecular complexity index is 602. The Hall–Kier alpha value is -2.28. The molecule has 2 aromatic rings. The van der Waals surface area contributed by atoms with Crippen LogP contribution < -0.4 is 5.32 Å². The van der Waals surface area contributed by atoms with Gasteiger partial charge in [-0.3, -0.25) is 9.53 Å². The second-order valence-electron chi connectivity index (χ2n) is 3.90. The first kappa shape index (κ1) is 14.1. The smallest absolute Gasteiger partial charge is 0.413 e. The topological polar surface area (TPSA) is 81.2 Å². The molecule has 0 fully saturated rings. The van der Waals surface area contributed by atoms with Crippen LogP contribution in [-0.2, 0) is 22.1 Å². The Labute approximate surface area is 118 Å². The number of aromatic nitrogens is 2. The maximum Gasteiger partial charge on any atom is 0.413 e. The van der Waals surface area contributed by atoms with Crippen LogP contribution in [0.4, 0.5) is 10.6 Å². The Morgan fingerprint density at radius 3 is 2.55 bits per heavy atom. The molecule has 0 spiro atoms. The van der Waals surface area contributed by atoms with E-state index in [9.17, 15) is 9.00 Å². The molecule has 6 nitrogen and oxygen atoms in total. The molecular weight excluding hydrogens is 278 g/mol. The van der Waals surface area contributed by atoms with Crippen LogP contribution >= 0.6 is 0 Å². The van der Waals surface area contributed by atoms with Crippen molar-refractivity contribution in [3.63, 3.8) is 0 Å².